The van der Waals surface area contributed by atoms with Crippen LogP contribution in [0.15, 0.2) is 42.5 Å². The Morgan fingerprint density at radius 3 is 2.43 bits per heavy atom. The number of nitrogens with two attached hydrogens (primary N) is 1. The number of aryl methyl sites for hydroxylation is 2. The molecule has 21 heavy (non-hydrogen) atoms. The first-order chi connectivity index (χ1) is 10.0. The number of rotatable bonds is 5. The summed E-state index contributed by atoms with van der Waals surface area (Å²) in [6, 6.07) is 12.5. The Morgan fingerprint density at radius 1 is 1.10 bits per heavy atom. The van der Waals surface area contributed by atoms with E-state index in [0.29, 0.717) is 5.75 Å². The van der Waals surface area contributed by atoms with E-state index in [9.17, 15) is 4.39 Å². The molecule has 0 radical (unpaired) electrons. The minimum Gasteiger partial charge on any atom is -0.484 e. The van der Waals surface area contributed by atoms with E-state index >= 15 is 0 Å². The summed E-state index contributed by atoms with van der Waals surface area (Å²) in [7, 11) is 0. The fourth-order valence-corrected chi connectivity index (χ4v) is 2.38. The molecule has 2 atom stereocenters. The summed E-state index contributed by atoms with van der Waals surface area (Å²) in [5.74, 6) is 0.417. The molecule has 0 fully saturated rings. The molecule has 0 heterocycles. The van der Waals surface area contributed by atoms with Gasteiger partial charge >= 0.3 is 0 Å². The highest BCUT2D eigenvalue weighted by Gasteiger charge is 2.22. The molecule has 0 spiro atoms. The van der Waals surface area contributed by atoms with Crippen molar-refractivity contribution in [1.82, 2.24) is 0 Å². The van der Waals surface area contributed by atoms with Gasteiger partial charge in [0, 0.05) is 6.04 Å². The van der Waals surface area contributed by atoms with Gasteiger partial charge in [0.25, 0.3) is 0 Å². The first-order valence-corrected chi connectivity index (χ1v) is 7.26. The molecule has 2 unspecified atom stereocenters. The predicted octanol–water partition coefficient (Wildman–Crippen LogP) is 4.30. The van der Waals surface area contributed by atoms with Gasteiger partial charge in [-0.2, -0.15) is 0 Å². The molecule has 2 aromatic rings. The lowest BCUT2D eigenvalue weighted by molar-refractivity contribution is 0.169. The number of halogens is 1. The monoisotopic (exact) mass is 287 g/mol. The van der Waals surface area contributed by atoms with E-state index in [4.69, 9.17) is 10.5 Å². The molecule has 0 aromatic heterocycles. The first kappa shape index (κ1) is 15.5. The smallest absolute Gasteiger partial charge is 0.139 e. The number of ether oxygens (including phenoxy) is 1. The molecule has 112 valence electrons. The van der Waals surface area contributed by atoms with Crippen molar-refractivity contribution in [3.63, 3.8) is 0 Å². The van der Waals surface area contributed by atoms with E-state index in [1.54, 1.807) is 6.07 Å². The largest absolute Gasteiger partial charge is 0.484 e. The molecule has 3 heteroatoms. The van der Waals surface area contributed by atoms with Crippen LogP contribution >= 0.6 is 0 Å². The standard InChI is InChI=1S/C18H22FNO/c1-4-16(20)18(15-8-6-5-7-12(15)2)21-17-10-9-14(19)11-13(17)3/h5-11,16,18H,4,20H2,1-3H3. The van der Waals surface area contributed by atoms with E-state index in [1.807, 2.05) is 45.0 Å². The highest BCUT2D eigenvalue weighted by molar-refractivity contribution is 5.35. The van der Waals surface area contributed by atoms with Crippen molar-refractivity contribution in [1.29, 1.82) is 0 Å². The Labute approximate surface area is 125 Å². The van der Waals surface area contributed by atoms with Crippen LogP contribution in [0.25, 0.3) is 0 Å². The second-order valence-electron chi connectivity index (χ2n) is 5.38. The Kier molecular flexibility index (Phi) is 4.97. The maximum atomic E-state index is 13.2. The molecule has 2 rings (SSSR count). The van der Waals surface area contributed by atoms with Crippen LogP contribution in [-0.2, 0) is 0 Å². The van der Waals surface area contributed by atoms with E-state index in [0.717, 1.165) is 23.1 Å². The van der Waals surface area contributed by atoms with E-state index in [-0.39, 0.29) is 18.0 Å². The zero-order valence-electron chi connectivity index (χ0n) is 12.8. The molecule has 0 aliphatic rings. The first-order valence-electron chi connectivity index (χ1n) is 7.26. The van der Waals surface area contributed by atoms with Crippen LogP contribution in [0, 0.1) is 19.7 Å². The molecule has 2 aromatic carbocycles. The van der Waals surface area contributed by atoms with Crippen LogP contribution in [0.4, 0.5) is 4.39 Å². The summed E-state index contributed by atoms with van der Waals surface area (Å²) in [4.78, 5) is 0. The van der Waals surface area contributed by atoms with Gasteiger partial charge in [0.1, 0.15) is 17.7 Å². The second-order valence-corrected chi connectivity index (χ2v) is 5.38. The third kappa shape index (κ3) is 3.61. The summed E-state index contributed by atoms with van der Waals surface area (Å²) in [6.07, 6.45) is 0.569. The third-order valence-electron chi connectivity index (χ3n) is 3.75. The molecule has 0 amide bonds. The molecule has 2 N–H and O–H groups in total. The van der Waals surface area contributed by atoms with Crippen LogP contribution in [0.2, 0.25) is 0 Å². The Hall–Kier alpha value is -1.87. The van der Waals surface area contributed by atoms with Crippen molar-refractivity contribution in [2.45, 2.75) is 39.3 Å². The Balaban J connectivity index is 2.35. The van der Waals surface area contributed by atoms with Crippen molar-refractivity contribution in [3.05, 3.63) is 65.0 Å². The van der Waals surface area contributed by atoms with Gasteiger partial charge in [-0.3, -0.25) is 0 Å². The molecule has 0 aliphatic heterocycles. The van der Waals surface area contributed by atoms with Gasteiger partial charge in [-0.1, -0.05) is 31.2 Å². The molecule has 2 nitrogen and oxygen atoms in total. The summed E-state index contributed by atoms with van der Waals surface area (Å²) < 4.78 is 19.3. The fraction of sp³-hybridized carbons (Fsp3) is 0.333. The van der Waals surface area contributed by atoms with Crippen LogP contribution in [0.5, 0.6) is 5.75 Å². The van der Waals surface area contributed by atoms with Gasteiger partial charge in [0.05, 0.1) is 0 Å². The van der Waals surface area contributed by atoms with Gasteiger partial charge in [0.15, 0.2) is 0 Å². The number of hydrogen-bond donors (Lipinski definition) is 1. The zero-order chi connectivity index (χ0) is 15.4. The molecular weight excluding hydrogens is 265 g/mol. The average molecular weight is 287 g/mol. The van der Waals surface area contributed by atoms with Crippen LogP contribution in [-0.4, -0.2) is 6.04 Å². The Morgan fingerprint density at radius 2 is 1.81 bits per heavy atom. The molecule has 0 aliphatic carbocycles. The highest BCUT2D eigenvalue weighted by atomic mass is 19.1. The SMILES string of the molecule is CCC(N)C(Oc1ccc(F)cc1C)c1ccccc1C. The summed E-state index contributed by atoms with van der Waals surface area (Å²) in [6.45, 7) is 5.92. The fourth-order valence-electron chi connectivity index (χ4n) is 2.38. The third-order valence-corrected chi connectivity index (χ3v) is 3.75. The Bertz CT molecular complexity index is 612. The summed E-state index contributed by atoms with van der Waals surface area (Å²) >= 11 is 0. The van der Waals surface area contributed by atoms with Gasteiger partial charge in [-0.15, -0.1) is 0 Å². The van der Waals surface area contributed by atoms with Gasteiger partial charge < -0.3 is 10.5 Å². The summed E-state index contributed by atoms with van der Waals surface area (Å²) in [5, 5.41) is 0. The quantitative estimate of drug-likeness (QED) is 0.890. The van der Waals surface area contributed by atoms with Crippen molar-refractivity contribution in [2.24, 2.45) is 5.73 Å². The van der Waals surface area contributed by atoms with Crippen molar-refractivity contribution < 1.29 is 9.13 Å². The second kappa shape index (κ2) is 6.72. The summed E-state index contributed by atoms with van der Waals surface area (Å²) in [5.41, 5.74) is 9.25. The van der Waals surface area contributed by atoms with Gasteiger partial charge in [0.2, 0.25) is 0 Å². The lowest BCUT2D eigenvalue weighted by Crippen LogP contribution is -2.32. The van der Waals surface area contributed by atoms with Crippen molar-refractivity contribution in [2.75, 3.05) is 0 Å². The molecule has 0 bridgehead atoms. The van der Waals surface area contributed by atoms with Crippen LogP contribution in [0.1, 0.15) is 36.1 Å². The van der Waals surface area contributed by atoms with Crippen LogP contribution < -0.4 is 10.5 Å². The topological polar surface area (TPSA) is 35.2 Å². The molecule has 0 saturated carbocycles. The van der Waals surface area contributed by atoms with Gasteiger partial charge in [-0.25, -0.2) is 4.39 Å². The lowest BCUT2D eigenvalue weighted by atomic mass is 9.96. The minimum absolute atomic E-state index is 0.115. The molecule has 0 saturated heterocycles. The maximum Gasteiger partial charge on any atom is 0.139 e. The molecular formula is C18H22FNO. The minimum atomic E-state index is -0.257. The highest BCUT2D eigenvalue weighted by Crippen LogP contribution is 2.29. The van der Waals surface area contributed by atoms with E-state index in [2.05, 4.69) is 0 Å². The number of benzene rings is 2. The van der Waals surface area contributed by atoms with Gasteiger partial charge in [-0.05, 0) is 55.2 Å². The lowest BCUT2D eigenvalue weighted by Gasteiger charge is -2.27. The average Bonchev–Trinajstić information content (AvgIpc) is 2.47. The van der Waals surface area contributed by atoms with E-state index in [1.165, 1.54) is 12.1 Å². The maximum absolute atomic E-state index is 13.2. The van der Waals surface area contributed by atoms with Crippen molar-refractivity contribution in [3.8, 4) is 5.75 Å². The zero-order valence-corrected chi connectivity index (χ0v) is 12.8. The number of hydrogen-bond acceptors (Lipinski definition) is 2. The van der Waals surface area contributed by atoms with Crippen LogP contribution in [0.3, 0.4) is 0 Å². The van der Waals surface area contributed by atoms with E-state index < -0.39 is 0 Å². The predicted molar refractivity (Wildman–Crippen MR) is 84.0 cm³/mol. The van der Waals surface area contributed by atoms with Crippen molar-refractivity contribution >= 4 is 0 Å². The normalized spacial score (nSPS) is 13.8.